The molecule has 5 nitrogen and oxygen atoms in total. The van der Waals surface area contributed by atoms with Crippen molar-refractivity contribution in [1.82, 2.24) is 5.32 Å². The topological polar surface area (TPSA) is 64.6 Å². The molecule has 0 aromatic carbocycles. The van der Waals surface area contributed by atoms with Gasteiger partial charge in [-0.15, -0.1) is 0 Å². The Kier molecular flexibility index (Phi) is 8.35. The lowest BCUT2D eigenvalue weighted by atomic mass is 9.47. The van der Waals surface area contributed by atoms with Crippen LogP contribution in [0, 0.1) is 40.4 Å². The summed E-state index contributed by atoms with van der Waals surface area (Å²) >= 11 is 0. The molecular formula is C30H49NO4. The number of hydrogen-bond acceptors (Lipinski definition) is 5. The fraction of sp³-hybridized carbons (Fsp3) is 0.867. The molecule has 4 rings (SSSR count). The molecule has 4 aliphatic carbocycles. The fourth-order valence-electron chi connectivity index (χ4n) is 8.90. The Hall–Kier alpha value is -1.36. The molecule has 4 unspecified atom stereocenters. The first-order chi connectivity index (χ1) is 16.7. The number of allylic oxidation sites excluding steroid dienone is 1. The summed E-state index contributed by atoms with van der Waals surface area (Å²) in [5.74, 6) is 3.70. The first-order valence-electron chi connectivity index (χ1n) is 14.4. The van der Waals surface area contributed by atoms with Gasteiger partial charge in [0.1, 0.15) is 6.10 Å². The molecular weight excluding hydrogens is 438 g/mol. The van der Waals surface area contributed by atoms with Crippen LogP contribution in [0.3, 0.4) is 0 Å². The van der Waals surface area contributed by atoms with E-state index in [4.69, 9.17) is 9.47 Å². The molecule has 4 aliphatic rings. The van der Waals surface area contributed by atoms with Gasteiger partial charge in [0.2, 0.25) is 0 Å². The van der Waals surface area contributed by atoms with E-state index in [0.717, 1.165) is 56.0 Å². The Morgan fingerprint density at radius 3 is 2.66 bits per heavy atom. The molecule has 0 aliphatic heterocycles. The smallest absolute Gasteiger partial charge is 0.305 e. The van der Waals surface area contributed by atoms with Crippen molar-refractivity contribution in [2.24, 2.45) is 40.4 Å². The van der Waals surface area contributed by atoms with E-state index < -0.39 is 0 Å². The predicted molar refractivity (Wildman–Crippen MR) is 139 cm³/mol. The lowest BCUT2D eigenvalue weighted by Gasteiger charge is -2.58. The second-order valence-electron chi connectivity index (χ2n) is 12.6. The monoisotopic (exact) mass is 487 g/mol. The van der Waals surface area contributed by atoms with Gasteiger partial charge >= 0.3 is 11.9 Å². The van der Waals surface area contributed by atoms with Crippen molar-refractivity contribution in [3.63, 3.8) is 0 Å². The lowest BCUT2D eigenvalue weighted by Crippen LogP contribution is -2.51. The number of rotatable bonds is 9. The van der Waals surface area contributed by atoms with Gasteiger partial charge in [-0.2, -0.15) is 0 Å². The van der Waals surface area contributed by atoms with E-state index in [0.29, 0.717) is 29.6 Å². The van der Waals surface area contributed by atoms with Crippen LogP contribution in [0.15, 0.2) is 11.6 Å². The van der Waals surface area contributed by atoms with E-state index in [1.165, 1.54) is 45.6 Å². The summed E-state index contributed by atoms with van der Waals surface area (Å²) in [6.07, 6.45) is 14.3. The van der Waals surface area contributed by atoms with E-state index in [9.17, 15) is 9.59 Å². The lowest BCUT2D eigenvalue weighted by molar-refractivity contribution is -0.151. The molecule has 0 radical (unpaired) electrons. The minimum absolute atomic E-state index is 0.0506. The zero-order valence-corrected chi connectivity index (χ0v) is 22.9. The van der Waals surface area contributed by atoms with Crippen molar-refractivity contribution in [3.8, 4) is 0 Å². The number of carbonyl (C=O) groups is 2. The summed E-state index contributed by atoms with van der Waals surface area (Å²) in [6, 6.07) is 0. The number of fused-ring (bicyclic) bond motifs is 5. The van der Waals surface area contributed by atoms with Crippen LogP contribution in [0.2, 0.25) is 0 Å². The number of carbonyl (C=O) groups excluding carboxylic acids is 2. The van der Waals surface area contributed by atoms with Gasteiger partial charge < -0.3 is 14.8 Å². The first-order valence-corrected chi connectivity index (χ1v) is 14.4. The summed E-state index contributed by atoms with van der Waals surface area (Å²) in [5, 5.41) is 3.62. The molecule has 35 heavy (non-hydrogen) atoms. The van der Waals surface area contributed by atoms with Crippen LogP contribution >= 0.6 is 0 Å². The zero-order valence-electron chi connectivity index (χ0n) is 22.9. The molecule has 0 amide bonds. The van der Waals surface area contributed by atoms with Crippen molar-refractivity contribution in [2.45, 2.75) is 104 Å². The fourth-order valence-corrected chi connectivity index (χ4v) is 8.90. The Bertz CT molecular complexity index is 808. The molecule has 3 fully saturated rings. The van der Waals surface area contributed by atoms with Crippen LogP contribution < -0.4 is 5.32 Å². The maximum absolute atomic E-state index is 11.9. The number of methoxy groups -OCH3 is 1. The molecule has 0 bridgehead atoms. The summed E-state index contributed by atoms with van der Waals surface area (Å²) in [4.78, 5) is 23.2. The van der Waals surface area contributed by atoms with Crippen LogP contribution in [0.25, 0.3) is 0 Å². The summed E-state index contributed by atoms with van der Waals surface area (Å²) in [7, 11) is 1.46. The SMILES string of the molecule is CCC(=O)O[C@H]1CC[C@@]2(C)C(=CCC3C2CC[C@@]2(C)C3CC[C@@H]2C(C)CNCCCC(=O)OC)C1. The van der Waals surface area contributed by atoms with E-state index in [1.54, 1.807) is 5.57 Å². The van der Waals surface area contributed by atoms with Crippen molar-refractivity contribution < 1.29 is 19.1 Å². The summed E-state index contributed by atoms with van der Waals surface area (Å²) < 4.78 is 10.5. The van der Waals surface area contributed by atoms with Crippen molar-refractivity contribution >= 4 is 11.9 Å². The number of nitrogens with one attached hydrogen (secondary N) is 1. The van der Waals surface area contributed by atoms with E-state index >= 15 is 0 Å². The quantitative estimate of drug-likeness (QED) is 0.243. The summed E-state index contributed by atoms with van der Waals surface area (Å²) in [6.45, 7) is 11.4. The molecule has 8 atom stereocenters. The van der Waals surface area contributed by atoms with Crippen LogP contribution in [-0.4, -0.2) is 38.2 Å². The second kappa shape index (κ2) is 10.9. The Balaban J connectivity index is 1.37. The molecule has 1 N–H and O–H groups in total. The van der Waals surface area contributed by atoms with Crippen LogP contribution in [0.5, 0.6) is 0 Å². The Labute approximate surface area is 213 Å². The van der Waals surface area contributed by atoms with Gasteiger partial charge in [-0.1, -0.05) is 39.3 Å². The molecule has 5 heteroatoms. The largest absolute Gasteiger partial charge is 0.469 e. The maximum atomic E-state index is 11.9. The average Bonchev–Trinajstić information content (AvgIpc) is 3.21. The third kappa shape index (κ3) is 5.22. The molecule has 3 saturated carbocycles. The maximum Gasteiger partial charge on any atom is 0.305 e. The molecule has 198 valence electrons. The van der Waals surface area contributed by atoms with Crippen LogP contribution in [-0.2, 0) is 19.1 Å². The first kappa shape index (κ1) is 26.7. The van der Waals surface area contributed by atoms with Gasteiger partial charge in [-0.3, -0.25) is 9.59 Å². The van der Waals surface area contributed by atoms with Crippen LogP contribution in [0.4, 0.5) is 0 Å². The third-order valence-corrected chi connectivity index (χ3v) is 10.8. The molecule has 0 heterocycles. The predicted octanol–water partition coefficient (Wildman–Crippen LogP) is 6.07. The minimum atomic E-state index is -0.114. The second-order valence-corrected chi connectivity index (χ2v) is 12.6. The Morgan fingerprint density at radius 2 is 1.91 bits per heavy atom. The van der Waals surface area contributed by atoms with E-state index in [-0.39, 0.29) is 18.0 Å². The van der Waals surface area contributed by atoms with Gasteiger partial charge in [0.15, 0.2) is 0 Å². The third-order valence-electron chi connectivity index (χ3n) is 10.8. The molecule has 0 spiro atoms. The number of esters is 2. The van der Waals surface area contributed by atoms with Gasteiger partial charge in [0.25, 0.3) is 0 Å². The van der Waals surface area contributed by atoms with Crippen LogP contribution in [0.1, 0.15) is 98.3 Å². The molecule has 0 saturated heterocycles. The normalized spacial score (nSPS) is 39.0. The highest BCUT2D eigenvalue weighted by molar-refractivity contribution is 5.69. The standard InChI is InChI=1S/C30H49NO4/c1-6-27(32)35-22-13-15-29(3)21(18-22)9-10-23-25-12-11-24(30(25,4)16-14-26(23)29)20(2)19-31-17-7-8-28(33)34-5/h9,20,22-26,31H,6-8,10-19H2,1-5H3/t20?,22-,23?,24+,25?,26?,29-,30+/m0/s1. The summed E-state index contributed by atoms with van der Waals surface area (Å²) in [5.41, 5.74) is 2.33. The zero-order chi connectivity index (χ0) is 25.2. The number of ether oxygens (including phenoxy) is 2. The van der Waals surface area contributed by atoms with Gasteiger partial charge in [0, 0.05) is 19.3 Å². The molecule has 0 aromatic heterocycles. The molecule has 0 aromatic rings. The van der Waals surface area contributed by atoms with E-state index in [2.05, 4.69) is 32.2 Å². The van der Waals surface area contributed by atoms with Crippen molar-refractivity contribution in [1.29, 1.82) is 0 Å². The highest BCUT2D eigenvalue weighted by Crippen LogP contribution is 2.67. The minimum Gasteiger partial charge on any atom is -0.469 e. The number of hydrogen-bond donors (Lipinski definition) is 1. The highest BCUT2D eigenvalue weighted by Gasteiger charge is 2.59. The van der Waals surface area contributed by atoms with Crippen molar-refractivity contribution in [2.75, 3.05) is 20.2 Å². The van der Waals surface area contributed by atoms with Gasteiger partial charge in [0.05, 0.1) is 7.11 Å². The van der Waals surface area contributed by atoms with Crippen molar-refractivity contribution in [3.05, 3.63) is 11.6 Å². The Morgan fingerprint density at radius 1 is 1.11 bits per heavy atom. The highest BCUT2D eigenvalue weighted by atomic mass is 16.5. The average molecular weight is 488 g/mol. The van der Waals surface area contributed by atoms with Gasteiger partial charge in [-0.25, -0.2) is 0 Å². The van der Waals surface area contributed by atoms with Gasteiger partial charge in [-0.05, 0) is 105 Å². The van der Waals surface area contributed by atoms with E-state index in [1.807, 2.05) is 6.92 Å².